The van der Waals surface area contributed by atoms with Crippen LogP contribution < -0.4 is 10.1 Å². The topological polar surface area (TPSA) is 73.1 Å². The van der Waals surface area contributed by atoms with E-state index in [0.717, 1.165) is 6.92 Å². The van der Waals surface area contributed by atoms with Crippen molar-refractivity contribution in [1.82, 2.24) is 15.1 Å². The molecule has 1 N–H and O–H groups in total. The first-order valence-electron chi connectivity index (χ1n) is 7.79. The number of aromatic nitrogens is 3. The average molecular weight is 399 g/mol. The molecule has 0 aliphatic heterocycles. The lowest BCUT2D eigenvalue weighted by molar-refractivity contribution is -0.189. The van der Waals surface area contributed by atoms with E-state index in [4.69, 9.17) is 20.9 Å². The molecule has 0 aliphatic carbocycles. The second kappa shape index (κ2) is 7.43. The number of benzene rings is 1. The van der Waals surface area contributed by atoms with Gasteiger partial charge in [-0.15, -0.1) is 0 Å². The normalized spacial score (nSPS) is 12.7. The van der Waals surface area contributed by atoms with Crippen LogP contribution in [0.5, 0.6) is 5.75 Å². The molecule has 0 bridgehead atoms. The number of nitrogens with one attached hydrogen (secondary N) is 1. The summed E-state index contributed by atoms with van der Waals surface area (Å²) in [5.74, 6) is 0.959. The van der Waals surface area contributed by atoms with Gasteiger partial charge in [0, 0.05) is 18.8 Å². The van der Waals surface area contributed by atoms with E-state index in [-0.39, 0.29) is 16.7 Å². The summed E-state index contributed by atoms with van der Waals surface area (Å²) >= 11 is 6.04. The van der Waals surface area contributed by atoms with Gasteiger partial charge in [-0.25, -0.2) is 4.98 Å². The van der Waals surface area contributed by atoms with Gasteiger partial charge in [-0.2, -0.15) is 18.2 Å². The summed E-state index contributed by atoms with van der Waals surface area (Å²) in [6.07, 6.45) is -4.85. The summed E-state index contributed by atoms with van der Waals surface area (Å²) in [7, 11) is 1.72. The first-order valence-corrected chi connectivity index (χ1v) is 8.17. The Morgan fingerprint density at radius 1 is 1.26 bits per heavy atom. The Bertz CT molecular complexity index is 946. The van der Waals surface area contributed by atoms with Gasteiger partial charge in [0.15, 0.2) is 6.10 Å². The highest BCUT2D eigenvalue weighted by Gasteiger charge is 2.38. The molecule has 0 aliphatic rings. The molecular weight excluding hydrogens is 385 g/mol. The first-order chi connectivity index (χ1) is 12.8. The lowest BCUT2D eigenvalue weighted by Gasteiger charge is -2.18. The molecule has 2 aromatic heterocycles. The summed E-state index contributed by atoms with van der Waals surface area (Å²) in [4.78, 5) is 8.46. The average Bonchev–Trinajstić information content (AvgIpc) is 3.12. The van der Waals surface area contributed by atoms with Gasteiger partial charge in [0.25, 0.3) is 5.89 Å². The predicted octanol–water partition coefficient (Wildman–Crippen LogP) is 4.82. The third-order valence-corrected chi connectivity index (χ3v) is 3.95. The number of hydrogen-bond donors (Lipinski definition) is 1. The van der Waals surface area contributed by atoms with E-state index >= 15 is 0 Å². The summed E-state index contributed by atoms with van der Waals surface area (Å²) in [5.41, 5.74) is 1.08. The van der Waals surface area contributed by atoms with Crippen molar-refractivity contribution in [3.63, 3.8) is 0 Å². The third kappa shape index (κ3) is 4.13. The van der Waals surface area contributed by atoms with E-state index in [1.807, 2.05) is 0 Å². The molecule has 0 saturated heterocycles. The second-order valence-corrected chi connectivity index (χ2v) is 5.93. The second-order valence-electron chi connectivity index (χ2n) is 5.52. The van der Waals surface area contributed by atoms with Gasteiger partial charge >= 0.3 is 6.18 Å². The fraction of sp³-hybridized carbons (Fsp3) is 0.235. The van der Waals surface area contributed by atoms with E-state index in [9.17, 15) is 13.2 Å². The van der Waals surface area contributed by atoms with Gasteiger partial charge in [0.2, 0.25) is 5.82 Å². The highest BCUT2D eigenvalue weighted by molar-refractivity contribution is 6.32. The summed E-state index contributed by atoms with van der Waals surface area (Å²) in [5, 5.41) is 6.84. The fourth-order valence-electron chi connectivity index (χ4n) is 2.22. The molecule has 0 spiro atoms. The van der Waals surface area contributed by atoms with Gasteiger partial charge in [0.1, 0.15) is 11.6 Å². The molecule has 0 amide bonds. The van der Waals surface area contributed by atoms with E-state index in [0.29, 0.717) is 22.8 Å². The summed E-state index contributed by atoms with van der Waals surface area (Å²) in [6.45, 7) is 0.905. The minimum Gasteiger partial charge on any atom is -0.480 e. The zero-order chi connectivity index (χ0) is 19.6. The molecule has 0 saturated carbocycles. The minimum atomic E-state index is -4.49. The van der Waals surface area contributed by atoms with Crippen molar-refractivity contribution in [3.8, 4) is 28.6 Å². The number of ether oxygens (including phenoxy) is 1. The summed E-state index contributed by atoms with van der Waals surface area (Å²) < 4.78 is 48.0. The van der Waals surface area contributed by atoms with Crippen LogP contribution in [0.25, 0.3) is 22.8 Å². The lowest BCUT2D eigenvalue weighted by Crippen LogP contribution is -2.31. The number of nitrogens with zero attached hydrogens (tertiary/aromatic N) is 3. The zero-order valence-corrected chi connectivity index (χ0v) is 15.0. The van der Waals surface area contributed by atoms with Crippen molar-refractivity contribution in [3.05, 3.63) is 41.6 Å². The van der Waals surface area contributed by atoms with Crippen LogP contribution in [0.15, 0.2) is 41.1 Å². The van der Waals surface area contributed by atoms with Crippen LogP contribution in [-0.4, -0.2) is 34.5 Å². The van der Waals surface area contributed by atoms with E-state index in [1.165, 1.54) is 18.2 Å². The van der Waals surface area contributed by atoms with Gasteiger partial charge in [-0.3, -0.25) is 0 Å². The van der Waals surface area contributed by atoms with Crippen LogP contribution in [-0.2, 0) is 0 Å². The number of halogens is 4. The van der Waals surface area contributed by atoms with E-state index in [1.54, 1.807) is 25.4 Å². The Balaban J connectivity index is 1.86. The molecule has 142 valence electrons. The third-order valence-electron chi connectivity index (χ3n) is 3.65. The molecule has 6 nitrogen and oxygen atoms in total. The quantitative estimate of drug-likeness (QED) is 0.664. The molecule has 1 atom stereocenters. The molecule has 2 heterocycles. The molecule has 3 rings (SSSR count). The van der Waals surface area contributed by atoms with Crippen molar-refractivity contribution >= 4 is 17.4 Å². The van der Waals surface area contributed by atoms with Crippen molar-refractivity contribution < 1.29 is 22.4 Å². The monoisotopic (exact) mass is 398 g/mol. The standard InChI is InChI=1S/C17H14ClF3N4O2/c1-9(17(19,20)21)26-13-6-5-10(8-12(13)18)16-24-15(25-27-16)11-4-3-7-23-14(11)22-2/h3-9H,1-2H3,(H,22,23)/t9-/m0/s1. The Morgan fingerprint density at radius 3 is 2.70 bits per heavy atom. The van der Waals surface area contributed by atoms with Crippen LogP contribution >= 0.6 is 11.6 Å². The Labute approximate surface area is 157 Å². The Morgan fingerprint density at radius 2 is 2.04 bits per heavy atom. The van der Waals surface area contributed by atoms with Gasteiger partial charge in [-0.1, -0.05) is 16.8 Å². The molecule has 10 heteroatoms. The van der Waals surface area contributed by atoms with Crippen LogP contribution in [0.1, 0.15) is 6.92 Å². The van der Waals surface area contributed by atoms with Gasteiger partial charge in [0.05, 0.1) is 10.6 Å². The number of rotatable bonds is 5. The number of hydrogen-bond acceptors (Lipinski definition) is 6. The smallest absolute Gasteiger partial charge is 0.425 e. The lowest BCUT2D eigenvalue weighted by atomic mass is 10.2. The van der Waals surface area contributed by atoms with Crippen LogP contribution in [0.3, 0.4) is 0 Å². The predicted molar refractivity (Wildman–Crippen MR) is 93.7 cm³/mol. The molecule has 0 radical (unpaired) electrons. The van der Waals surface area contributed by atoms with Crippen molar-refractivity contribution in [2.45, 2.75) is 19.2 Å². The fourth-order valence-corrected chi connectivity index (χ4v) is 2.45. The highest BCUT2D eigenvalue weighted by atomic mass is 35.5. The molecule has 0 unspecified atom stereocenters. The number of anilines is 1. The molecule has 1 aromatic carbocycles. The minimum absolute atomic E-state index is 0.000594. The first kappa shape index (κ1) is 19.0. The van der Waals surface area contributed by atoms with Crippen molar-refractivity contribution in [1.29, 1.82) is 0 Å². The largest absolute Gasteiger partial charge is 0.480 e. The maximum absolute atomic E-state index is 12.6. The van der Waals surface area contributed by atoms with E-state index in [2.05, 4.69) is 20.4 Å². The van der Waals surface area contributed by atoms with Crippen molar-refractivity contribution in [2.24, 2.45) is 0 Å². The molecule has 0 fully saturated rings. The van der Waals surface area contributed by atoms with E-state index < -0.39 is 12.3 Å². The maximum atomic E-state index is 12.6. The number of alkyl halides is 3. The molecule has 3 aromatic rings. The van der Waals surface area contributed by atoms with Crippen LogP contribution in [0, 0.1) is 0 Å². The zero-order valence-electron chi connectivity index (χ0n) is 14.2. The van der Waals surface area contributed by atoms with Crippen LogP contribution in [0.4, 0.5) is 19.0 Å². The van der Waals surface area contributed by atoms with Gasteiger partial charge < -0.3 is 14.6 Å². The Hall–Kier alpha value is -2.81. The SMILES string of the molecule is CNc1ncccc1-c1noc(-c2ccc(O[C@@H](C)C(F)(F)F)c(Cl)c2)n1. The maximum Gasteiger partial charge on any atom is 0.425 e. The summed E-state index contributed by atoms with van der Waals surface area (Å²) in [6, 6.07) is 7.73. The van der Waals surface area contributed by atoms with Crippen LogP contribution in [0.2, 0.25) is 5.02 Å². The van der Waals surface area contributed by atoms with Crippen molar-refractivity contribution in [2.75, 3.05) is 12.4 Å². The highest BCUT2D eigenvalue weighted by Crippen LogP contribution is 2.34. The molecule has 27 heavy (non-hydrogen) atoms. The number of pyridine rings is 1. The van der Waals surface area contributed by atoms with Gasteiger partial charge in [-0.05, 0) is 37.3 Å². The Kier molecular flexibility index (Phi) is 5.22. The molecular formula is C17H14ClF3N4O2.